The predicted octanol–water partition coefficient (Wildman–Crippen LogP) is 1.55. The minimum atomic E-state index is -0.852. The topological polar surface area (TPSA) is 78.9 Å². The van der Waals surface area contributed by atoms with Gasteiger partial charge in [0.05, 0.1) is 0 Å². The molecule has 0 spiro atoms. The average Bonchev–Trinajstić information content (AvgIpc) is 2.12. The Balaban J connectivity index is 4.13. The van der Waals surface area contributed by atoms with E-state index in [1.807, 2.05) is 13.8 Å². The first-order chi connectivity index (χ1) is 8.54. The van der Waals surface area contributed by atoms with Crippen LogP contribution in [-0.4, -0.2) is 53.8 Å². The number of carboxylic acids is 1. The number of amides is 1. The van der Waals surface area contributed by atoms with Gasteiger partial charge in [0.1, 0.15) is 11.6 Å². The van der Waals surface area contributed by atoms with Crippen molar-refractivity contribution in [3.8, 4) is 0 Å². The summed E-state index contributed by atoms with van der Waals surface area (Å²) in [5.74, 6) is -0.848. The first-order valence-corrected chi connectivity index (χ1v) is 6.44. The Morgan fingerprint density at radius 3 is 2.21 bits per heavy atom. The summed E-state index contributed by atoms with van der Waals surface area (Å²) in [6.07, 6.45) is -0.489. The lowest BCUT2D eigenvalue weighted by atomic mass is 10.0. The van der Waals surface area contributed by atoms with Crippen LogP contribution in [0.1, 0.15) is 34.6 Å². The summed E-state index contributed by atoms with van der Waals surface area (Å²) in [6, 6.07) is -0.555. The van der Waals surface area contributed by atoms with Gasteiger partial charge in [-0.1, -0.05) is 13.8 Å². The van der Waals surface area contributed by atoms with Gasteiger partial charge in [-0.05, 0) is 33.7 Å². The SMILES string of the molecule is CC(C)C(C(=O)O)N(C)CCNC(=O)OC(C)(C)C. The van der Waals surface area contributed by atoms with Gasteiger partial charge in [0.2, 0.25) is 0 Å². The molecule has 2 N–H and O–H groups in total. The lowest BCUT2D eigenvalue weighted by molar-refractivity contribution is -0.144. The first-order valence-electron chi connectivity index (χ1n) is 6.44. The van der Waals surface area contributed by atoms with Gasteiger partial charge >= 0.3 is 12.1 Å². The minimum Gasteiger partial charge on any atom is -0.480 e. The Bertz CT molecular complexity index is 310. The van der Waals surface area contributed by atoms with Gasteiger partial charge < -0.3 is 15.2 Å². The highest BCUT2D eigenvalue weighted by Crippen LogP contribution is 2.09. The summed E-state index contributed by atoms with van der Waals surface area (Å²) >= 11 is 0. The Morgan fingerprint density at radius 2 is 1.84 bits per heavy atom. The Morgan fingerprint density at radius 1 is 1.32 bits per heavy atom. The van der Waals surface area contributed by atoms with Gasteiger partial charge in [0, 0.05) is 13.1 Å². The van der Waals surface area contributed by atoms with E-state index in [2.05, 4.69) is 5.32 Å². The highest BCUT2D eigenvalue weighted by atomic mass is 16.6. The first kappa shape index (κ1) is 17.7. The number of rotatable bonds is 6. The second-order valence-electron chi connectivity index (χ2n) is 5.94. The highest BCUT2D eigenvalue weighted by molar-refractivity contribution is 5.73. The number of carbonyl (C=O) groups excluding carboxylic acids is 1. The molecular weight excluding hydrogens is 248 g/mol. The minimum absolute atomic E-state index is 0.00373. The van der Waals surface area contributed by atoms with E-state index in [4.69, 9.17) is 9.84 Å². The van der Waals surface area contributed by atoms with E-state index in [1.54, 1.807) is 32.7 Å². The molecule has 1 atom stereocenters. The fraction of sp³-hybridized carbons (Fsp3) is 0.846. The molecule has 0 aromatic carbocycles. The smallest absolute Gasteiger partial charge is 0.407 e. The molecule has 0 saturated heterocycles. The predicted molar refractivity (Wildman–Crippen MR) is 73.1 cm³/mol. The van der Waals surface area contributed by atoms with Gasteiger partial charge in [0.15, 0.2) is 0 Å². The maximum atomic E-state index is 11.4. The summed E-state index contributed by atoms with van der Waals surface area (Å²) in [5, 5.41) is 11.7. The molecule has 0 aliphatic rings. The van der Waals surface area contributed by atoms with Gasteiger partial charge in [0.25, 0.3) is 0 Å². The molecule has 0 heterocycles. The molecule has 0 aromatic heterocycles. The quantitative estimate of drug-likeness (QED) is 0.768. The van der Waals surface area contributed by atoms with E-state index < -0.39 is 23.7 Å². The van der Waals surface area contributed by atoms with E-state index in [9.17, 15) is 9.59 Å². The van der Waals surface area contributed by atoms with Gasteiger partial charge in [-0.2, -0.15) is 0 Å². The number of hydrogen-bond acceptors (Lipinski definition) is 4. The maximum absolute atomic E-state index is 11.4. The van der Waals surface area contributed by atoms with Crippen LogP contribution in [0.2, 0.25) is 0 Å². The molecule has 1 amide bonds. The molecule has 112 valence electrons. The van der Waals surface area contributed by atoms with Crippen LogP contribution in [0.4, 0.5) is 4.79 Å². The monoisotopic (exact) mass is 274 g/mol. The van der Waals surface area contributed by atoms with Crippen LogP contribution >= 0.6 is 0 Å². The molecule has 0 aromatic rings. The second kappa shape index (κ2) is 7.33. The number of alkyl carbamates (subject to hydrolysis) is 1. The molecule has 0 fully saturated rings. The Kier molecular flexibility index (Phi) is 6.83. The molecule has 6 nitrogen and oxygen atoms in total. The molecule has 0 saturated carbocycles. The van der Waals surface area contributed by atoms with Crippen molar-refractivity contribution in [2.24, 2.45) is 5.92 Å². The van der Waals surface area contributed by atoms with Crippen LogP contribution in [0.3, 0.4) is 0 Å². The number of carboxylic acid groups (broad SMARTS) is 1. The largest absolute Gasteiger partial charge is 0.480 e. The van der Waals surface area contributed by atoms with Crippen molar-refractivity contribution in [3.05, 3.63) is 0 Å². The molecular formula is C13H26N2O4. The number of nitrogens with zero attached hydrogens (tertiary/aromatic N) is 1. The molecule has 0 rings (SSSR count). The van der Waals surface area contributed by atoms with E-state index in [1.165, 1.54) is 0 Å². The van der Waals surface area contributed by atoms with Crippen molar-refractivity contribution in [2.75, 3.05) is 20.1 Å². The molecule has 0 bridgehead atoms. The zero-order chi connectivity index (χ0) is 15.2. The van der Waals surface area contributed by atoms with Crippen LogP contribution in [-0.2, 0) is 9.53 Å². The second-order valence-corrected chi connectivity index (χ2v) is 5.94. The van der Waals surface area contributed by atoms with Gasteiger partial charge in [-0.25, -0.2) is 4.79 Å². The summed E-state index contributed by atoms with van der Waals surface area (Å²) in [5.41, 5.74) is -0.530. The summed E-state index contributed by atoms with van der Waals surface area (Å²) in [4.78, 5) is 24.2. The van der Waals surface area contributed by atoms with Crippen molar-refractivity contribution >= 4 is 12.1 Å². The highest BCUT2D eigenvalue weighted by Gasteiger charge is 2.25. The Hall–Kier alpha value is -1.30. The van der Waals surface area contributed by atoms with Crippen molar-refractivity contribution < 1.29 is 19.4 Å². The fourth-order valence-electron chi connectivity index (χ4n) is 1.77. The maximum Gasteiger partial charge on any atom is 0.407 e. The van der Waals surface area contributed by atoms with Crippen LogP contribution in [0.25, 0.3) is 0 Å². The van der Waals surface area contributed by atoms with Crippen molar-refractivity contribution in [3.63, 3.8) is 0 Å². The number of ether oxygens (including phenoxy) is 1. The fourth-order valence-corrected chi connectivity index (χ4v) is 1.77. The number of aliphatic carboxylic acids is 1. The zero-order valence-corrected chi connectivity index (χ0v) is 12.7. The van der Waals surface area contributed by atoms with E-state index in [0.29, 0.717) is 13.1 Å². The molecule has 0 aliphatic carbocycles. The summed E-state index contributed by atoms with van der Waals surface area (Å²) < 4.78 is 5.09. The Labute approximate surface area is 115 Å². The molecule has 6 heteroatoms. The van der Waals surface area contributed by atoms with Crippen molar-refractivity contribution in [1.29, 1.82) is 0 Å². The van der Waals surface area contributed by atoms with Crippen molar-refractivity contribution in [1.82, 2.24) is 10.2 Å². The standard InChI is InChI=1S/C13H26N2O4/c1-9(2)10(11(16)17)15(6)8-7-14-12(18)19-13(3,4)5/h9-10H,7-8H2,1-6H3,(H,14,18)(H,16,17). The van der Waals surface area contributed by atoms with E-state index in [0.717, 1.165) is 0 Å². The van der Waals surface area contributed by atoms with Gasteiger partial charge in [-0.15, -0.1) is 0 Å². The lowest BCUT2D eigenvalue weighted by Gasteiger charge is -2.27. The van der Waals surface area contributed by atoms with Crippen LogP contribution in [0.5, 0.6) is 0 Å². The molecule has 1 unspecified atom stereocenters. The van der Waals surface area contributed by atoms with Gasteiger partial charge in [-0.3, -0.25) is 9.69 Å². The summed E-state index contributed by atoms with van der Waals surface area (Å²) in [7, 11) is 1.73. The molecule has 0 aliphatic heterocycles. The molecule has 0 radical (unpaired) electrons. The molecule has 19 heavy (non-hydrogen) atoms. The van der Waals surface area contributed by atoms with Crippen LogP contribution in [0.15, 0.2) is 0 Å². The van der Waals surface area contributed by atoms with Crippen LogP contribution in [0, 0.1) is 5.92 Å². The zero-order valence-electron chi connectivity index (χ0n) is 12.7. The number of hydrogen-bond donors (Lipinski definition) is 2. The summed E-state index contributed by atoms with van der Waals surface area (Å²) in [6.45, 7) is 9.89. The van der Waals surface area contributed by atoms with E-state index >= 15 is 0 Å². The number of nitrogens with one attached hydrogen (secondary N) is 1. The normalized spacial score (nSPS) is 13.5. The number of likely N-dealkylation sites (N-methyl/N-ethyl adjacent to an activating group) is 1. The third-order valence-electron chi connectivity index (χ3n) is 2.49. The van der Waals surface area contributed by atoms with E-state index in [-0.39, 0.29) is 5.92 Å². The third-order valence-corrected chi connectivity index (χ3v) is 2.49. The lowest BCUT2D eigenvalue weighted by Crippen LogP contribution is -2.46. The average molecular weight is 274 g/mol. The van der Waals surface area contributed by atoms with Crippen molar-refractivity contribution in [2.45, 2.75) is 46.3 Å². The third kappa shape index (κ3) is 7.66. The number of carbonyl (C=O) groups is 2. The van der Waals surface area contributed by atoms with Crippen LogP contribution < -0.4 is 5.32 Å².